The minimum absolute atomic E-state index is 0.148. The number of hydrogen-bond acceptors (Lipinski definition) is 3. The molecule has 7 heteroatoms. The van der Waals surface area contributed by atoms with Crippen LogP contribution in [0.5, 0.6) is 0 Å². The first-order chi connectivity index (χ1) is 11.1. The molecule has 1 aromatic rings. The highest BCUT2D eigenvalue weighted by atomic mass is 35.5. The molecule has 1 aliphatic carbocycles. The average molecular weight is 371 g/mol. The van der Waals surface area contributed by atoms with Crippen LogP contribution in [0.15, 0.2) is 23.1 Å². The molecule has 1 heterocycles. The van der Waals surface area contributed by atoms with E-state index in [1.54, 1.807) is 25.1 Å². The monoisotopic (exact) mass is 370 g/mol. The summed E-state index contributed by atoms with van der Waals surface area (Å²) >= 11 is 6.18. The maximum Gasteiger partial charge on any atom is 0.245 e. The summed E-state index contributed by atoms with van der Waals surface area (Å²) in [6.45, 7) is 6.61. The number of carbonyl (C=O) groups excluding carboxylic acids is 1. The van der Waals surface area contributed by atoms with Gasteiger partial charge in [-0.1, -0.05) is 23.7 Å². The molecular weight excluding hydrogens is 348 g/mol. The van der Waals surface area contributed by atoms with E-state index in [1.807, 2.05) is 18.7 Å². The molecule has 1 saturated heterocycles. The van der Waals surface area contributed by atoms with Gasteiger partial charge in [0.05, 0.1) is 5.02 Å². The summed E-state index contributed by atoms with van der Waals surface area (Å²) in [7, 11) is -3.72. The Kier molecular flexibility index (Phi) is 4.43. The summed E-state index contributed by atoms with van der Waals surface area (Å²) in [4.78, 5) is 14.3. The fraction of sp³-hybridized carbons (Fsp3) is 0.588. The minimum atomic E-state index is -3.72. The Morgan fingerprint density at radius 3 is 2.46 bits per heavy atom. The van der Waals surface area contributed by atoms with Crippen molar-refractivity contribution < 1.29 is 13.2 Å². The molecule has 3 rings (SSSR count). The van der Waals surface area contributed by atoms with Crippen LogP contribution in [0.2, 0.25) is 5.02 Å². The summed E-state index contributed by atoms with van der Waals surface area (Å²) in [5, 5.41) is 0.238. The lowest BCUT2D eigenvalue weighted by molar-refractivity contribution is -0.136. The van der Waals surface area contributed by atoms with Crippen LogP contribution in [0, 0.1) is 12.8 Å². The zero-order valence-electron chi connectivity index (χ0n) is 14.3. The van der Waals surface area contributed by atoms with Gasteiger partial charge in [-0.2, -0.15) is 4.31 Å². The SMILES string of the molecule is Cc1cccc(Cl)c1S(=O)(=O)N1CCN(C(=O)C2CC2)CC1(C)C. The number of aryl methyl sites for hydroxylation is 1. The van der Waals surface area contributed by atoms with Gasteiger partial charge in [0.1, 0.15) is 4.90 Å². The number of nitrogens with zero attached hydrogens (tertiary/aromatic N) is 2. The van der Waals surface area contributed by atoms with E-state index in [0.717, 1.165) is 12.8 Å². The van der Waals surface area contributed by atoms with Gasteiger partial charge >= 0.3 is 0 Å². The maximum atomic E-state index is 13.2. The summed E-state index contributed by atoms with van der Waals surface area (Å²) in [6, 6.07) is 5.09. The zero-order chi connectivity index (χ0) is 17.7. The quantitative estimate of drug-likeness (QED) is 0.821. The van der Waals surface area contributed by atoms with Crippen LogP contribution < -0.4 is 0 Å². The van der Waals surface area contributed by atoms with Crippen molar-refractivity contribution in [2.75, 3.05) is 19.6 Å². The Bertz CT molecular complexity index is 752. The summed E-state index contributed by atoms with van der Waals surface area (Å²) < 4.78 is 27.9. The van der Waals surface area contributed by atoms with E-state index in [0.29, 0.717) is 25.2 Å². The van der Waals surface area contributed by atoms with Crippen molar-refractivity contribution in [3.8, 4) is 0 Å². The number of sulfonamides is 1. The molecule has 24 heavy (non-hydrogen) atoms. The number of carbonyl (C=O) groups is 1. The molecule has 132 valence electrons. The second kappa shape index (κ2) is 6.00. The summed E-state index contributed by atoms with van der Waals surface area (Å²) in [5.74, 6) is 0.309. The number of halogens is 1. The Balaban J connectivity index is 1.90. The van der Waals surface area contributed by atoms with Crippen molar-refractivity contribution >= 4 is 27.5 Å². The van der Waals surface area contributed by atoms with Gasteiger partial charge in [0.25, 0.3) is 0 Å². The average Bonchev–Trinajstić information content (AvgIpc) is 3.29. The zero-order valence-corrected chi connectivity index (χ0v) is 15.8. The highest BCUT2D eigenvalue weighted by Gasteiger charge is 2.45. The maximum absolute atomic E-state index is 13.2. The number of rotatable bonds is 3. The first kappa shape index (κ1) is 17.7. The molecule has 0 N–H and O–H groups in total. The second-order valence-electron chi connectivity index (χ2n) is 7.31. The van der Waals surface area contributed by atoms with Crippen LogP contribution in [0.3, 0.4) is 0 Å². The van der Waals surface area contributed by atoms with E-state index >= 15 is 0 Å². The van der Waals surface area contributed by atoms with Gasteiger partial charge in [-0.15, -0.1) is 0 Å². The number of benzene rings is 1. The lowest BCUT2D eigenvalue weighted by Gasteiger charge is -2.46. The summed E-state index contributed by atoms with van der Waals surface area (Å²) in [5.41, 5.74) is -0.0393. The predicted molar refractivity (Wildman–Crippen MR) is 93.5 cm³/mol. The minimum Gasteiger partial charge on any atom is -0.339 e. The van der Waals surface area contributed by atoms with Crippen molar-refractivity contribution in [1.29, 1.82) is 0 Å². The molecule has 1 amide bonds. The van der Waals surface area contributed by atoms with Gasteiger partial charge in [-0.3, -0.25) is 4.79 Å². The normalized spacial score (nSPS) is 21.8. The number of piperazine rings is 1. The molecule has 5 nitrogen and oxygen atoms in total. The van der Waals surface area contributed by atoms with E-state index in [-0.39, 0.29) is 21.7 Å². The van der Waals surface area contributed by atoms with E-state index in [2.05, 4.69) is 0 Å². The van der Waals surface area contributed by atoms with Crippen LogP contribution in [0.1, 0.15) is 32.3 Å². The van der Waals surface area contributed by atoms with Crippen LogP contribution in [-0.4, -0.2) is 48.7 Å². The Labute approximate surface area is 148 Å². The second-order valence-corrected chi connectivity index (χ2v) is 9.52. The fourth-order valence-electron chi connectivity index (χ4n) is 3.41. The molecule has 0 radical (unpaired) electrons. The molecule has 1 aromatic carbocycles. The van der Waals surface area contributed by atoms with Crippen LogP contribution in [-0.2, 0) is 14.8 Å². The van der Waals surface area contributed by atoms with Gasteiger partial charge < -0.3 is 4.90 Å². The molecular formula is C17H23ClN2O3S. The fourth-order valence-corrected chi connectivity index (χ4v) is 5.97. The molecule has 1 saturated carbocycles. The molecule has 0 atom stereocenters. The summed E-state index contributed by atoms with van der Waals surface area (Å²) in [6.07, 6.45) is 1.91. The molecule has 1 aliphatic heterocycles. The number of hydrogen-bond donors (Lipinski definition) is 0. The standard InChI is InChI=1S/C17H23ClN2O3S/c1-12-5-4-6-14(18)15(12)24(22,23)20-10-9-19(11-17(20,2)3)16(21)13-7-8-13/h4-6,13H,7-11H2,1-3H3. The molecule has 0 aromatic heterocycles. The molecule has 2 aliphatic rings. The highest BCUT2D eigenvalue weighted by molar-refractivity contribution is 7.89. The number of amides is 1. The van der Waals surface area contributed by atoms with Gasteiger partial charge in [-0.25, -0.2) is 8.42 Å². The first-order valence-electron chi connectivity index (χ1n) is 8.21. The Hall–Kier alpha value is -1.11. The lowest BCUT2D eigenvalue weighted by atomic mass is 10.0. The smallest absolute Gasteiger partial charge is 0.245 e. The van der Waals surface area contributed by atoms with Crippen LogP contribution in [0.25, 0.3) is 0 Å². The van der Waals surface area contributed by atoms with Crippen LogP contribution >= 0.6 is 11.6 Å². The van der Waals surface area contributed by atoms with E-state index in [4.69, 9.17) is 11.6 Å². The highest BCUT2D eigenvalue weighted by Crippen LogP contribution is 2.36. The van der Waals surface area contributed by atoms with Gasteiger partial charge in [0.2, 0.25) is 15.9 Å². The van der Waals surface area contributed by atoms with Crippen molar-refractivity contribution in [2.45, 2.75) is 44.0 Å². The predicted octanol–water partition coefficient (Wildman–Crippen LogP) is 2.67. The molecule has 0 bridgehead atoms. The van der Waals surface area contributed by atoms with Crippen molar-refractivity contribution in [3.05, 3.63) is 28.8 Å². The van der Waals surface area contributed by atoms with E-state index in [1.165, 1.54) is 4.31 Å². The van der Waals surface area contributed by atoms with Gasteiger partial charge in [0.15, 0.2) is 0 Å². The lowest BCUT2D eigenvalue weighted by Crippen LogP contribution is -2.62. The van der Waals surface area contributed by atoms with Crippen molar-refractivity contribution in [1.82, 2.24) is 9.21 Å². The van der Waals surface area contributed by atoms with Crippen molar-refractivity contribution in [2.24, 2.45) is 5.92 Å². The molecule has 0 unspecified atom stereocenters. The van der Waals surface area contributed by atoms with E-state index < -0.39 is 15.6 Å². The Morgan fingerprint density at radius 2 is 1.92 bits per heavy atom. The molecule has 0 spiro atoms. The largest absolute Gasteiger partial charge is 0.339 e. The topological polar surface area (TPSA) is 57.7 Å². The third-order valence-corrected chi connectivity index (χ3v) is 7.52. The third-order valence-electron chi connectivity index (χ3n) is 4.78. The Morgan fingerprint density at radius 1 is 1.25 bits per heavy atom. The van der Waals surface area contributed by atoms with E-state index in [9.17, 15) is 13.2 Å². The third kappa shape index (κ3) is 3.07. The van der Waals surface area contributed by atoms with Gasteiger partial charge in [0, 0.05) is 31.1 Å². The van der Waals surface area contributed by atoms with Crippen LogP contribution in [0.4, 0.5) is 0 Å². The van der Waals surface area contributed by atoms with Gasteiger partial charge in [-0.05, 0) is 45.2 Å². The van der Waals surface area contributed by atoms with Crippen molar-refractivity contribution in [3.63, 3.8) is 0 Å². The first-order valence-corrected chi connectivity index (χ1v) is 10.0. The molecule has 2 fully saturated rings.